The van der Waals surface area contributed by atoms with Gasteiger partial charge < -0.3 is 5.32 Å². The van der Waals surface area contributed by atoms with Crippen molar-refractivity contribution in [3.05, 3.63) is 12.2 Å². The van der Waals surface area contributed by atoms with Gasteiger partial charge in [-0.05, 0) is 20.8 Å². The van der Waals surface area contributed by atoms with Crippen LogP contribution in [-0.4, -0.2) is 22.5 Å². The summed E-state index contributed by atoms with van der Waals surface area (Å²) in [6.45, 7) is 8.79. The molecule has 0 saturated heterocycles. The number of carbonyl (C=O) groups is 1. The van der Waals surface area contributed by atoms with Gasteiger partial charge in [-0.25, -0.2) is 5.26 Å². The largest absolute Gasteiger partial charge is 0.347 e. The van der Waals surface area contributed by atoms with Gasteiger partial charge in [-0.2, -0.15) is 0 Å². The SMILES string of the molecule is C=C(C)C(=O)NC(C)(C)CSOOO. The third-order valence-electron chi connectivity index (χ3n) is 1.34. The lowest BCUT2D eigenvalue weighted by molar-refractivity contribution is -0.432. The smallest absolute Gasteiger partial charge is 0.246 e. The first-order valence-electron chi connectivity index (χ1n) is 3.97. The lowest BCUT2D eigenvalue weighted by Gasteiger charge is -2.24. The van der Waals surface area contributed by atoms with Crippen molar-refractivity contribution in [3.8, 4) is 0 Å². The molecule has 5 nitrogen and oxygen atoms in total. The van der Waals surface area contributed by atoms with E-state index in [-0.39, 0.29) is 5.91 Å². The average molecular weight is 221 g/mol. The van der Waals surface area contributed by atoms with E-state index in [2.05, 4.69) is 21.3 Å². The average Bonchev–Trinajstić information content (AvgIpc) is 2.03. The highest BCUT2D eigenvalue weighted by molar-refractivity contribution is 7.94. The third-order valence-corrected chi connectivity index (χ3v) is 2.33. The summed E-state index contributed by atoms with van der Waals surface area (Å²) in [5, 5.41) is 14.0. The zero-order valence-corrected chi connectivity index (χ0v) is 9.31. The van der Waals surface area contributed by atoms with Gasteiger partial charge in [-0.1, -0.05) is 11.6 Å². The van der Waals surface area contributed by atoms with E-state index in [9.17, 15) is 4.79 Å². The topological polar surface area (TPSA) is 67.8 Å². The molecule has 0 saturated carbocycles. The van der Waals surface area contributed by atoms with Gasteiger partial charge in [0.1, 0.15) is 0 Å². The van der Waals surface area contributed by atoms with Crippen molar-refractivity contribution in [2.45, 2.75) is 26.3 Å². The van der Waals surface area contributed by atoms with E-state index in [4.69, 9.17) is 5.26 Å². The molecule has 0 aromatic heterocycles. The number of hydrogen-bond acceptors (Lipinski definition) is 5. The first kappa shape index (κ1) is 13.4. The molecule has 0 fully saturated rings. The summed E-state index contributed by atoms with van der Waals surface area (Å²) in [6.07, 6.45) is 0. The van der Waals surface area contributed by atoms with Crippen LogP contribution in [0.25, 0.3) is 0 Å². The molecule has 2 N–H and O–H groups in total. The van der Waals surface area contributed by atoms with Crippen molar-refractivity contribution >= 4 is 17.9 Å². The first-order valence-corrected chi connectivity index (χ1v) is 4.88. The molecule has 0 aliphatic carbocycles. The predicted molar refractivity (Wildman–Crippen MR) is 54.3 cm³/mol. The Labute approximate surface area is 87.5 Å². The van der Waals surface area contributed by atoms with E-state index < -0.39 is 5.54 Å². The Bertz CT molecular complexity index is 217. The van der Waals surface area contributed by atoms with Crippen molar-refractivity contribution in [3.63, 3.8) is 0 Å². The van der Waals surface area contributed by atoms with Crippen LogP contribution >= 0.6 is 12.0 Å². The van der Waals surface area contributed by atoms with Crippen LogP contribution in [0.15, 0.2) is 12.2 Å². The van der Waals surface area contributed by atoms with Gasteiger partial charge in [-0.15, -0.1) is 4.33 Å². The van der Waals surface area contributed by atoms with Crippen molar-refractivity contribution in [2.24, 2.45) is 0 Å². The van der Waals surface area contributed by atoms with Gasteiger partial charge in [0.05, 0.1) is 0 Å². The minimum Gasteiger partial charge on any atom is -0.347 e. The molecule has 0 aromatic carbocycles. The highest BCUT2D eigenvalue weighted by Gasteiger charge is 2.21. The maximum Gasteiger partial charge on any atom is 0.246 e. The maximum atomic E-state index is 11.2. The van der Waals surface area contributed by atoms with Gasteiger partial charge in [0.2, 0.25) is 5.91 Å². The second-order valence-corrected chi connectivity index (χ2v) is 4.18. The molecule has 6 heteroatoms. The Kier molecular flexibility index (Phi) is 5.78. The monoisotopic (exact) mass is 221 g/mol. The molecular weight excluding hydrogens is 206 g/mol. The summed E-state index contributed by atoms with van der Waals surface area (Å²) in [6, 6.07) is 0. The van der Waals surface area contributed by atoms with Crippen LogP contribution in [-0.2, 0) is 14.2 Å². The molecule has 0 aliphatic rings. The van der Waals surface area contributed by atoms with E-state index in [1.165, 1.54) is 0 Å². The van der Waals surface area contributed by atoms with Crippen LogP contribution in [0.1, 0.15) is 20.8 Å². The van der Waals surface area contributed by atoms with E-state index in [0.717, 1.165) is 12.0 Å². The minimum absolute atomic E-state index is 0.208. The molecule has 0 radical (unpaired) electrons. The summed E-state index contributed by atoms with van der Waals surface area (Å²) in [5.74, 6) is 0.229. The molecule has 0 heterocycles. The molecule has 82 valence electrons. The Morgan fingerprint density at radius 2 is 2.21 bits per heavy atom. The predicted octanol–water partition coefficient (Wildman–Crippen LogP) is 1.53. The van der Waals surface area contributed by atoms with Gasteiger partial charge in [0, 0.05) is 28.9 Å². The van der Waals surface area contributed by atoms with E-state index >= 15 is 0 Å². The first-order chi connectivity index (χ1) is 6.39. The maximum absolute atomic E-state index is 11.2. The van der Waals surface area contributed by atoms with E-state index in [0.29, 0.717) is 11.3 Å². The molecule has 0 bridgehead atoms. The van der Waals surface area contributed by atoms with Crippen molar-refractivity contribution in [1.29, 1.82) is 0 Å². The highest BCUT2D eigenvalue weighted by Crippen LogP contribution is 2.13. The number of hydrogen-bond donors (Lipinski definition) is 2. The zero-order valence-electron chi connectivity index (χ0n) is 8.49. The quantitative estimate of drug-likeness (QED) is 0.234. The lowest BCUT2D eigenvalue weighted by Crippen LogP contribution is -2.45. The van der Waals surface area contributed by atoms with Gasteiger partial charge in [0.25, 0.3) is 0 Å². The standard InChI is InChI=1S/C8H15NO4S/c1-6(2)7(10)9-8(3,4)5-14-13-12-11/h11H,1,5H2,2-4H3,(H,9,10). The molecule has 0 rings (SSSR count). The number of amides is 1. The van der Waals surface area contributed by atoms with Crippen LogP contribution in [0.5, 0.6) is 0 Å². The molecule has 0 aliphatic heterocycles. The summed E-state index contributed by atoms with van der Waals surface area (Å²) >= 11 is 0.897. The fourth-order valence-corrected chi connectivity index (χ4v) is 1.10. The summed E-state index contributed by atoms with van der Waals surface area (Å²) in [7, 11) is 0. The van der Waals surface area contributed by atoms with Crippen molar-refractivity contribution < 1.29 is 19.4 Å². The number of nitrogens with one attached hydrogen (secondary N) is 1. The Morgan fingerprint density at radius 1 is 1.64 bits per heavy atom. The van der Waals surface area contributed by atoms with Gasteiger partial charge in [-0.3, -0.25) is 4.79 Å². The molecule has 0 aromatic rings. The van der Waals surface area contributed by atoms with Gasteiger partial charge >= 0.3 is 0 Å². The van der Waals surface area contributed by atoms with Crippen LogP contribution in [0.4, 0.5) is 0 Å². The fraction of sp³-hybridized carbons (Fsp3) is 0.625. The zero-order chi connectivity index (χ0) is 11.2. The molecule has 0 spiro atoms. The van der Waals surface area contributed by atoms with E-state index in [1.807, 2.05) is 13.8 Å². The van der Waals surface area contributed by atoms with Crippen LogP contribution in [0.3, 0.4) is 0 Å². The summed E-state index contributed by atoms with van der Waals surface area (Å²) in [5.41, 5.74) is -0.0124. The number of carbonyl (C=O) groups excluding carboxylic acids is 1. The highest BCUT2D eigenvalue weighted by atomic mass is 32.2. The molecular formula is C8H15NO4S. The van der Waals surface area contributed by atoms with Crippen LogP contribution in [0.2, 0.25) is 0 Å². The van der Waals surface area contributed by atoms with Crippen molar-refractivity contribution in [2.75, 3.05) is 5.75 Å². The molecule has 0 unspecified atom stereocenters. The lowest BCUT2D eigenvalue weighted by atomic mass is 10.1. The molecule has 0 atom stereocenters. The third kappa shape index (κ3) is 5.98. The molecule has 1 amide bonds. The minimum atomic E-state index is -0.459. The Balaban J connectivity index is 3.93. The number of rotatable bonds is 6. The summed E-state index contributed by atoms with van der Waals surface area (Å²) < 4.78 is 4.21. The normalized spacial score (nSPS) is 11.1. The fourth-order valence-electron chi connectivity index (χ4n) is 0.643. The summed E-state index contributed by atoms with van der Waals surface area (Å²) in [4.78, 5) is 11.2. The Morgan fingerprint density at radius 3 is 2.64 bits per heavy atom. The van der Waals surface area contributed by atoms with E-state index in [1.54, 1.807) is 6.92 Å². The molecule has 14 heavy (non-hydrogen) atoms. The van der Waals surface area contributed by atoms with Crippen LogP contribution < -0.4 is 5.32 Å². The van der Waals surface area contributed by atoms with Crippen LogP contribution in [0, 0.1) is 0 Å². The Hall–Kier alpha value is -0.560. The second kappa shape index (κ2) is 6.02. The van der Waals surface area contributed by atoms with Gasteiger partial charge in [0.15, 0.2) is 0 Å². The second-order valence-electron chi connectivity index (χ2n) is 3.52. The van der Waals surface area contributed by atoms with Crippen molar-refractivity contribution in [1.82, 2.24) is 5.32 Å².